The van der Waals surface area contributed by atoms with Gasteiger partial charge in [0, 0.05) is 24.2 Å². The van der Waals surface area contributed by atoms with E-state index in [1.165, 1.54) is 19.1 Å². The average molecular weight is 475 g/mol. The molecule has 1 aromatic heterocycles. The molecule has 1 amide bonds. The maximum Gasteiger partial charge on any atom is 0.416 e. The SMILES string of the molecule is CC(OC(=O)COc1ccc(N2CCCC2=O)cc1)c1nc(-c2cccc(C(F)(F)F)c2)no1. The maximum absolute atomic E-state index is 12.9. The molecule has 1 fully saturated rings. The highest BCUT2D eigenvalue weighted by molar-refractivity contribution is 5.95. The first-order valence-electron chi connectivity index (χ1n) is 10.4. The number of rotatable bonds is 7. The van der Waals surface area contributed by atoms with E-state index < -0.39 is 23.8 Å². The molecule has 0 saturated carbocycles. The first-order valence-corrected chi connectivity index (χ1v) is 10.4. The standard InChI is InChI=1S/C23H20F3N3O5/c1-14(22-27-21(28-34-22)15-4-2-5-16(12-15)23(24,25)26)33-20(31)13-32-18-9-7-17(8-10-18)29-11-3-6-19(29)30/h2,4-5,7-10,12,14H,3,6,11,13H2,1H3. The summed E-state index contributed by atoms with van der Waals surface area (Å²) in [6.45, 7) is 1.78. The van der Waals surface area contributed by atoms with Gasteiger partial charge in [0.15, 0.2) is 12.7 Å². The molecule has 2 heterocycles. The Morgan fingerprint density at radius 3 is 2.65 bits per heavy atom. The number of hydrogen-bond donors (Lipinski definition) is 0. The third-order valence-electron chi connectivity index (χ3n) is 5.12. The largest absolute Gasteiger partial charge is 0.482 e. The summed E-state index contributed by atoms with van der Waals surface area (Å²) in [5, 5.41) is 3.67. The fourth-order valence-electron chi connectivity index (χ4n) is 3.42. The van der Waals surface area contributed by atoms with E-state index in [4.69, 9.17) is 14.0 Å². The van der Waals surface area contributed by atoms with Crippen LogP contribution in [0.3, 0.4) is 0 Å². The van der Waals surface area contributed by atoms with Crippen molar-refractivity contribution in [2.24, 2.45) is 0 Å². The van der Waals surface area contributed by atoms with E-state index in [1.54, 1.807) is 29.2 Å². The van der Waals surface area contributed by atoms with E-state index >= 15 is 0 Å². The van der Waals surface area contributed by atoms with Crippen LogP contribution in [0.1, 0.15) is 37.3 Å². The van der Waals surface area contributed by atoms with E-state index in [0.717, 1.165) is 24.2 Å². The van der Waals surface area contributed by atoms with Gasteiger partial charge in [0.1, 0.15) is 5.75 Å². The second-order valence-electron chi connectivity index (χ2n) is 7.60. The van der Waals surface area contributed by atoms with E-state index in [1.807, 2.05) is 0 Å². The number of carbonyl (C=O) groups excluding carboxylic acids is 2. The molecule has 3 aromatic rings. The van der Waals surface area contributed by atoms with E-state index in [2.05, 4.69) is 10.1 Å². The van der Waals surface area contributed by atoms with Crippen LogP contribution in [-0.2, 0) is 20.5 Å². The molecule has 1 atom stereocenters. The minimum Gasteiger partial charge on any atom is -0.482 e. The molecule has 0 spiro atoms. The molecule has 0 radical (unpaired) electrons. The lowest BCUT2D eigenvalue weighted by Gasteiger charge is -2.16. The second-order valence-corrected chi connectivity index (χ2v) is 7.60. The van der Waals surface area contributed by atoms with Crippen LogP contribution in [0.5, 0.6) is 5.75 Å². The van der Waals surface area contributed by atoms with Crippen LogP contribution in [0.2, 0.25) is 0 Å². The molecule has 4 rings (SSSR count). The maximum atomic E-state index is 12.9. The van der Waals surface area contributed by atoms with Gasteiger partial charge in [0.05, 0.1) is 5.56 Å². The molecule has 178 valence electrons. The molecule has 1 aliphatic rings. The molecule has 0 aliphatic carbocycles. The molecule has 34 heavy (non-hydrogen) atoms. The van der Waals surface area contributed by atoms with Gasteiger partial charge in [-0.15, -0.1) is 0 Å². The average Bonchev–Trinajstić information content (AvgIpc) is 3.47. The van der Waals surface area contributed by atoms with E-state index in [0.29, 0.717) is 18.7 Å². The molecule has 1 unspecified atom stereocenters. The lowest BCUT2D eigenvalue weighted by atomic mass is 10.1. The summed E-state index contributed by atoms with van der Waals surface area (Å²) in [6.07, 6.45) is -4.09. The Morgan fingerprint density at radius 2 is 1.97 bits per heavy atom. The fraction of sp³-hybridized carbons (Fsp3) is 0.304. The molecule has 0 bridgehead atoms. The van der Waals surface area contributed by atoms with Crippen molar-refractivity contribution >= 4 is 17.6 Å². The number of aromatic nitrogens is 2. The molecular formula is C23H20F3N3O5. The number of alkyl halides is 3. The van der Waals surface area contributed by atoms with Gasteiger partial charge < -0.3 is 18.9 Å². The number of anilines is 1. The summed E-state index contributed by atoms with van der Waals surface area (Å²) >= 11 is 0. The highest BCUT2D eigenvalue weighted by Gasteiger charge is 2.31. The Kier molecular flexibility index (Phi) is 6.53. The normalized spacial score (nSPS) is 14.8. The number of esters is 1. The van der Waals surface area contributed by atoms with Crippen molar-refractivity contribution in [1.82, 2.24) is 10.1 Å². The van der Waals surface area contributed by atoms with Gasteiger partial charge in [0.25, 0.3) is 5.89 Å². The first-order chi connectivity index (χ1) is 16.2. The lowest BCUT2D eigenvalue weighted by molar-refractivity contribution is -0.152. The number of carbonyl (C=O) groups is 2. The van der Waals surface area contributed by atoms with Gasteiger partial charge in [-0.1, -0.05) is 17.3 Å². The van der Waals surface area contributed by atoms with Crippen molar-refractivity contribution in [3.8, 4) is 17.1 Å². The number of nitrogens with zero attached hydrogens (tertiary/aromatic N) is 3. The lowest BCUT2D eigenvalue weighted by Crippen LogP contribution is -2.23. The fourth-order valence-corrected chi connectivity index (χ4v) is 3.42. The van der Waals surface area contributed by atoms with Crippen molar-refractivity contribution in [2.45, 2.75) is 32.0 Å². The zero-order chi connectivity index (χ0) is 24.3. The zero-order valence-electron chi connectivity index (χ0n) is 18.0. The summed E-state index contributed by atoms with van der Waals surface area (Å²) in [5.41, 5.74) is 0.0396. The van der Waals surface area contributed by atoms with Crippen LogP contribution in [0, 0.1) is 0 Å². The van der Waals surface area contributed by atoms with Crippen LogP contribution in [0.25, 0.3) is 11.4 Å². The quantitative estimate of drug-likeness (QED) is 0.462. The molecule has 2 aromatic carbocycles. The number of amides is 1. The highest BCUT2D eigenvalue weighted by atomic mass is 19.4. The molecule has 1 saturated heterocycles. The van der Waals surface area contributed by atoms with Crippen LogP contribution in [0.15, 0.2) is 53.1 Å². The molecular weight excluding hydrogens is 455 g/mol. The smallest absolute Gasteiger partial charge is 0.416 e. The first kappa shape index (κ1) is 23.3. The third kappa shape index (κ3) is 5.36. The van der Waals surface area contributed by atoms with Crippen molar-refractivity contribution in [3.63, 3.8) is 0 Å². The Labute approximate surface area is 192 Å². The topological polar surface area (TPSA) is 94.8 Å². The molecule has 1 aliphatic heterocycles. The third-order valence-corrected chi connectivity index (χ3v) is 5.12. The molecule has 0 N–H and O–H groups in total. The molecule has 11 heteroatoms. The van der Waals surface area contributed by atoms with Gasteiger partial charge in [0.2, 0.25) is 11.7 Å². The van der Waals surface area contributed by atoms with Gasteiger partial charge in [-0.2, -0.15) is 18.2 Å². The van der Waals surface area contributed by atoms with E-state index in [9.17, 15) is 22.8 Å². The van der Waals surface area contributed by atoms with Gasteiger partial charge >= 0.3 is 12.1 Å². The predicted molar refractivity (Wildman–Crippen MR) is 113 cm³/mol. The number of halogens is 3. The van der Waals surface area contributed by atoms with E-state index in [-0.39, 0.29) is 29.8 Å². The zero-order valence-corrected chi connectivity index (χ0v) is 18.0. The number of benzene rings is 2. The number of ether oxygens (including phenoxy) is 2. The summed E-state index contributed by atoms with van der Waals surface area (Å²) in [4.78, 5) is 29.7. The van der Waals surface area contributed by atoms with Gasteiger partial charge in [-0.3, -0.25) is 4.79 Å². The summed E-state index contributed by atoms with van der Waals surface area (Å²) < 4.78 is 54.4. The Hall–Kier alpha value is -3.89. The van der Waals surface area contributed by atoms with Crippen molar-refractivity contribution in [3.05, 3.63) is 60.0 Å². The summed E-state index contributed by atoms with van der Waals surface area (Å²) in [7, 11) is 0. The van der Waals surface area contributed by atoms with Crippen molar-refractivity contribution < 1.29 is 36.8 Å². The Bertz CT molecular complexity index is 1180. The van der Waals surface area contributed by atoms with Gasteiger partial charge in [-0.25, -0.2) is 4.79 Å². The monoisotopic (exact) mass is 475 g/mol. The minimum atomic E-state index is -4.50. The van der Waals surface area contributed by atoms with Gasteiger partial charge in [-0.05, 0) is 49.7 Å². The van der Waals surface area contributed by atoms with Crippen LogP contribution < -0.4 is 9.64 Å². The van der Waals surface area contributed by atoms with Crippen molar-refractivity contribution in [1.29, 1.82) is 0 Å². The summed E-state index contributed by atoms with van der Waals surface area (Å²) in [5.74, 6) is -0.338. The minimum absolute atomic E-state index is 0.0585. The van der Waals surface area contributed by atoms with Crippen LogP contribution >= 0.6 is 0 Å². The summed E-state index contributed by atoms with van der Waals surface area (Å²) in [6, 6.07) is 11.3. The number of hydrogen-bond acceptors (Lipinski definition) is 7. The molecule has 8 nitrogen and oxygen atoms in total. The van der Waals surface area contributed by atoms with Crippen LogP contribution in [0.4, 0.5) is 18.9 Å². The van der Waals surface area contributed by atoms with Crippen molar-refractivity contribution in [2.75, 3.05) is 18.1 Å². The Balaban J connectivity index is 1.31. The second kappa shape index (κ2) is 9.54. The highest BCUT2D eigenvalue weighted by Crippen LogP contribution is 2.32. The predicted octanol–water partition coefficient (Wildman–Crippen LogP) is 4.57. The Morgan fingerprint density at radius 1 is 1.21 bits per heavy atom. The van der Waals surface area contributed by atoms with Crippen LogP contribution in [-0.4, -0.2) is 35.2 Å².